The summed E-state index contributed by atoms with van der Waals surface area (Å²) < 4.78 is 30.0. The SMILES string of the molecule is CC(=O)NCCCOc1ccc(CN2CCOC[C@](O)(COc3ccc(F)cc3)C2)cc1. The average molecular weight is 447 g/mol. The Morgan fingerprint density at radius 1 is 1.16 bits per heavy atom. The first-order valence-electron chi connectivity index (χ1n) is 10.8. The van der Waals surface area contributed by atoms with Crippen LogP contribution in [0, 0.1) is 5.82 Å². The Morgan fingerprint density at radius 3 is 2.56 bits per heavy atom. The molecule has 174 valence electrons. The number of ether oxygens (including phenoxy) is 3. The summed E-state index contributed by atoms with van der Waals surface area (Å²) in [5.41, 5.74) is -0.0683. The number of carbonyl (C=O) groups is 1. The number of aliphatic hydroxyl groups is 1. The number of nitrogens with zero attached hydrogens (tertiary/aromatic N) is 1. The van der Waals surface area contributed by atoms with Gasteiger partial charge in [-0.15, -0.1) is 0 Å². The van der Waals surface area contributed by atoms with E-state index < -0.39 is 5.60 Å². The third kappa shape index (κ3) is 8.11. The summed E-state index contributed by atoms with van der Waals surface area (Å²) in [4.78, 5) is 13.0. The van der Waals surface area contributed by atoms with Crippen molar-refractivity contribution in [3.8, 4) is 11.5 Å². The number of carbonyl (C=O) groups excluding carboxylic acids is 1. The van der Waals surface area contributed by atoms with E-state index in [0.29, 0.717) is 45.1 Å². The molecule has 32 heavy (non-hydrogen) atoms. The van der Waals surface area contributed by atoms with E-state index in [0.717, 1.165) is 17.7 Å². The van der Waals surface area contributed by atoms with Crippen LogP contribution >= 0.6 is 0 Å². The van der Waals surface area contributed by atoms with Crippen LogP contribution in [0.2, 0.25) is 0 Å². The fourth-order valence-electron chi connectivity index (χ4n) is 3.44. The number of hydrogen-bond donors (Lipinski definition) is 2. The van der Waals surface area contributed by atoms with Crippen molar-refractivity contribution >= 4 is 5.91 Å². The second kappa shape index (κ2) is 11.8. The van der Waals surface area contributed by atoms with Crippen LogP contribution in [0.25, 0.3) is 0 Å². The highest BCUT2D eigenvalue weighted by molar-refractivity contribution is 5.72. The molecule has 0 spiro atoms. The van der Waals surface area contributed by atoms with Crippen LogP contribution in [0.1, 0.15) is 18.9 Å². The molecule has 2 aromatic rings. The predicted octanol–water partition coefficient (Wildman–Crippen LogP) is 2.37. The number of nitrogens with one attached hydrogen (secondary N) is 1. The Bertz CT molecular complexity index is 846. The highest BCUT2D eigenvalue weighted by Crippen LogP contribution is 2.20. The average Bonchev–Trinajstić information content (AvgIpc) is 2.95. The molecular weight excluding hydrogens is 415 g/mol. The Labute approximate surface area is 188 Å². The number of hydrogen-bond acceptors (Lipinski definition) is 6. The third-order valence-electron chi connectivity index (χ3n) is 5.05. The second-order valence-electron chi connectivity index (χ2n) is 8.06. The molecule has 1 amide bonds. The van der Waals surface area contributed by atoms with Crippen LogP contribution < -0.4 is 14.8 Å². The topological polar surface area (TPSA) is 80.3 Å². The molecule has 8 heteroatoms. The van der Waals surface area contributed by atoms with E-state index in [1.165, 1.54) is 31.2 Å². The predicted molar refractivity (Wildman–Crippen MR) is 118 cm³/mol. The van der Waals surface area contributed by atoms with Gasteiger partial charge in [0.05, 0.1) is 19.8 Å². The maximum Gasteiger partial charge on any atom is 0.216 e. The second-order valence-corrected chi connectivity index (χ2v) is 8.06. The first-order chi connectivity index (χ1) is 15.4. The van der Waals surface area contributed by atoms with Gasteiger partial charge in [0.2, 0.25) is 5.91 Å². The molecule has 0 bridgehead atoms. The van der Waals surface area contributed by atoms with Gasteiger partial charge in [-0.2, -0.15) is 0 Å². The Hall–Kier alpha value is -2.68. The van der Waals surface area contributed by atoms with Gasteiger partial charge in [-0.25, -0.2) is 4.39 Å². The molecule has 1 heterocycles. The minimum Gasteiger partial charge on any atom is -0.494 e. The Balaban J connectivity index is 1.47. The fraction of sp³-hybridized carbons (Fsp3) is 0.458. The van der Waals surface area contributed by atoms with Crippen LogP contribution in [0.4, 0.5) is 4.39 Å². The van der Waals surface area contributed by atoms with Crippen LogP contribution in [-0.4, -0.2) is 67.6 Å². The highest BCUT2D eigenvalue weighted by Gasteiger charge is 2.33. The van der Waals surface area contributed by atoms with Gasteiger partial charge in [0.1, 0.15) is 29.5 Å². The molecule has 1 saturated heterocycles. The number of β-amino-alcohol motifs (C(OH)–C–C–N with tert-alkyl or cyclic N) is 1. The van der Waals surface area contributed by atoms with E-state index in [9.17, 15) is 14.3 Å². The van der Waals surface area contributed by atoms with E-state index in [-0.39, 0.29) is 24.9 Å². The van der Waals surface area contributed by atoms with Gasteiger partial charge < -0.3 is 24.6 Å². The maximum absolute atomic E-state index is 13.1. The van der Waals surface area contributed by atoms with Gasteiger partial charge in [0.15, 0.2) is 0 Å². The van der Waals surface area contributed by atoms with Gasteiger partial charge in [-0.1, -0.05) is 12.1 Å². The molecule has 0 aromatic heterocycles. The van der Waals surface area contributed by atoms with E-state index in [1.54, 1.807) is 0 Å². The highest BCUT2D eigenvalue weighted by atomic mass is 19.1. The van der Waals surface area contributed by atoms with Crippen LogP contribution in [0.15, 0.2) is 48.5 Å². The molecule has 0 radical (unpaired) electrons. The van der Waals surface area contributed by atoms with E-state index in [1.807, 2.05) is 24.3 Å². The zero-order valence-corrected chi connectivity index (χ0v) is 18.4. The number of halogens is 1. The minimum absolute atomic E-state index is 0.0396. The molecule has 1 fully saturated rings. The van der Waals surface area contributed by atoms with Crippen molar-refractivity contribution in [2.24, 2.45) is 0 Å². The van der Waals surface area contributed by atoms with Crippen LogP contribution in [0.5, 0.6) is 11.5 Å². The molecule has 0 aliphatic carbocycles. The molecule has 1 aliphatic rings. The Morgan fingerprint density at radius 2 is 1.84 bits per heavy atom. The normalized spacial score (nSPS) is 19.2. The van der Waals surface area contributed by atoms with Gasteiger partial charge in [0.25, 0.3) is 0 Å². The molecule has 0 saturated carbocycles. The molecule has 2 N–H and O–H groups in total. The van der Waals surface area contributed by atoms with E-state index in [4.69, 9.17) is 14.2 Å². The largest absolute Gasteiger partial charge is 0.494 e. The third-order valence-corrected chi connectivity index (χ3v) is 5.05. The lowest BCUT2D eigenvalue weighted by Crippen LogP contribution is -2.48. The smallest absolute Gasteiger partial charge is 0.216 e. The maximum atomic E-state index is 13.1. The Kier molecular flexibility index (Phi) is 8.84. The number of rotatable bonds is 10. The molecule has 1 atom stereocenters. The van der Waals surface area contributed by atoms with E-state index >= 15 is 0 Å². The summed E-state index contributed by atoms with van der Waals surface area (Å²) in [5, 5.41) is 13.8. The quantitative estimate of drug-likeness (QED) is 0.546. The lowest BCUT2D eigenvalue weighted by atomic mass is 10.1. The zero-order chi connectivity index (χ0) is 22.8. The van der Waals surface area contributed by atoms with Gasteiger partial charge in [-0.05, 0) is 48.4 Å². The first kappa shape index (κ1) is 24.0. The van der Waals surface area contributed by atoms with Crippen molar-refractivity contribution in [3.63, 3.8) is 0 Å². The van der Waals surface area contributed by atoms with Gasteiger partial charge in [0, 0.05) is 33.1 Å². The van der Waals surface area contributed by atoms with Crippen molar-refractivity contribution in [3.05, 3.63) is 59.9 Å². The van der Waals surface area contributed by atoms with Crippen LogP contribution in [-0.2, 0) is 16.1 Å². The van der Waals surface area contributed by atoms with Crippen molar-refractivity contribution in [1.29, 1.82) is 0 Å². The molecule has 1 aliphatic heterocycles. The van der Waals surface area contributed by atoms with E-state index in [2.05, 4.69) is 10.2 Å². The van der Waals surface area contributed by atoms with Gasteiger partial charge >= 0.3 is 0 Å². The number of benzene rings is 2. The summed E-state index contributed by atoms with van der Waals surface area (Å²) >= 11 is 0. The zero-order valence-electron chi connectivity index (χ0n) is 18.4. The standard InChI is InChI=1S/C24H31FN2O5/c1-19(28)26-11-2-13-31-22-7-3-20(4-8-22)15-27-12-14-30-17-24(29,16-27)18-32-23-9-5-21(25)6-10-23/h3-10,29H,2,11-18H2,1H3,(H,26,28)/t24-/m0/s1. The number of amides is 1. The summed E-state index contributed by atoms with van der Waals surface area (Å²) in [6.45, 7) is 5.13. The molecule has 3 rings (SSSR count). The minimum atomic E-state index is -1.16. The molecule has 7 nitrogen and oxygen atoms in total. The monoisotopic (exact) mass is 446 g/mol. The van der Waals surface area contributed by atoms with Crippen LogP contribution in [0.3, 0.4) is 0 Å². The van der Waals surface area contributed by atoms with Crippen molar-refractivity contribution in [2.45, 2.75) is 25.5 Å². The van der Waals surface area contributed by atoms with Gasteiger partial charge in [-0.3, -0.25) is 9.69 Å². The summed E-state index contributed by atoms with van der Waals surface area (Å²) in [7, 11) is 0. The fourth-order valence-corrected chi connectivity index (χ4v) is 3.44. The molecule has 0 unspecified atom stereocenters. The van der Waals surface area contributed by atoms with Crippen molar-refractivity contribution < 1.29 is 28.5 Å². The molecule has 2 aromatic carbocycles. The van der Waals surface area contributed by atoms with Crippen molar-refractivity contribution in [1.82, 2.24) is 10.2 Å². The lowest BCUT2D eigenvalue weighted by Gasteiger charge is -2.30. The molecular formula is C24H31FN2O5. The summed E-state index contributed by atoms with van der Waals surface area (Å²) in [5.74, 6) is 0.909. The van der Waals surface area contributed by atoms with Crippen molar-refractivity contribution in [2.75, 3.05) is 46.1 Å². The summed E-state index contributed by atoms with van der Waals surface area (Å²) in [6.07, 6.45) is 0.744. The lowest BCUT2D eigenvalue weighted by molar-refractivity contribution is -0.118. The first-order valence-corrected chi connectivity index (χ1v) is 10.8. The summed E-state index contributed by atoms with van der Waals surface area (Å²) in [6, 6.07) is 13.6.